The van der Waals surface area contributed by atoms with Crippen molar-refractivity contribution in [3.63, 3.8) is 0 Å². The van der Waals surface area contributed by atoms with Crippen molar-refractivity contribution < 1.29 is 18.7 Å². The first kappa shape index (κ1) is 15.8. The third-order valence-electron chi connectivity index (χ3n) is 3.68. The molecule has 3 rings (SSSR count). The standard InChI is InChI=1S/C17H17N3O4/c18-17(22)15-10-13(5-7-19-15)24-14-6-8-20(11-14)16(21)4-3-12-2-1-9-23-12/h1-5,7,9-10,14H,6,8,11H2,(H2,18,22)/b4-3+/t14-/m0/s1. The lowest BCUT2D eigenvalue weighted by Crippen LogP contribution is -2.29. The predicted molar refractivity (Wildman–Crippen MR) is 86.1 cm³/mol. The van der Waals surface area contributed by atoms with Crippen LogP contribution in [-0.2, 0) is 4.79 Å². The van der Waals surface area contributed by atoms with Gasteiger partial charge in [-0.2, -0.15) is 0 Å². The Morgan fingerprint density at radius 2 is 2.29 bits per heavy atom. The van der Waals surface area contributed by atoms with Gasteiger partial charge in [-0.15, -0.1) is 0 Å². The molecule has 0 aliphatic carbocycles. The van der Waals surface area contributed by atoms with Crippen LogP contribution in [0.3, 0.4) is 0 Å². The molecule has 1 fully saturated rings. The van der Waals surface area contributed by atoms with Gasteiger partial charge in [-0.1, -0.05) is 0 Å². The normalized spacial score (nSPS) is 17.3. The molecule has 0 saturated carbocycles. The van der Waals surface area contributed by atoms with E-state index in [1.165, 1.54) is 18.3 Å². The van der Waals surface area contributed by atoms with Crippen molar-refractivity contribution in [3.8, 4) is 5.75 Å². The van der Waals surface area contributed by atoms with Crippen LogP contribution in [0.2, 0.25) is 0 Å². The second-order valence-corrected chi connectivity index (χ2v) is 5.40. The fourth-order valence-electron chi connectivity index (χ4n) is 2.48. The molecule has 0 spiro atoms. The van der Waals surface area contributed by atoms with Gasteiger partial charge < -0.3 is 19.8 Å². The summed E-state index contributed by atoms with van der Waals surface area (Å²) in [7, 11) is 0. The van der Waals surface area contributed by atoms with E-state index in [0.29, 0.717) is 31.0 Å². The molecule has 2 amide bonds. The second kappa shape index (κ2) is 6.99. The molecule has 124 valence electrons. The first-order valence-electron chi connectivity index (χ1n) is 7.55. The number of amides is 2. The van der Waals surface area contributed by atoms with Crippen molar-refractivity contribution in [2.45, 2.75) is 12.5 Å². The second-order valence-electron chi connectivity index (χ2n) is 5.40. The van der Waals surface area contributed by atoms with Gasteiger partial charge in [0.25, 0.3) is 5.91 Å². The highest BCUT2D eigenvalue weighted by molar-refractivity contribution is 5.92. The molecule has 0 unspecified atom stereocenters. The fourth-order valence-corrected chi connectivity index (χ4v) is 2.48. The molecule has 0 bridgehead atoms. The largest absolute Gasteiger partial charge is 0.488 e. The molecule has 7 heteroatoms. The van der Waals surface area contributed by atoms with E-state index in [-0.39, 0.29) is 17.7 Å². The minimum Gasteiger partial charge on any atom is -0.488 e. The number of hydrogen-bond donors (Lipinski definition) is 1. The predicted octanol–water partition coefficient (Wildman–Crippen LogP) is 1.47. The van der Waals surface area contributed by atoms with Crippen molar-refractivity contribution in [1.29, 1.82) is 0 Å². The number of carbonyl (C=O) groups is 2. The van der Waals surface area contributed by atoms with Gasteiger partial charge in [0.05, 0.1) is 12.8 Å². The summed E-state index contributed by atoms with van der Waals surface area (Å²) in [5.41, 5.74) is 5.35. The Morgan fingerprint density at radius 3 is 3.04 bits per heavy atom. The number of ether oxygens (including phenoxy) is 1. The maximum Gasteiger partial charge on any atom is 0.267 e. The minimum atomic E-state index is -0.605. The third-order valence-corrected chi connectivity index (χ3v) is 3.68. The minimum absolute atomic E-state index is 0.0925. The highest BCUT2D eigenvalue weighted by Gasteiger charge is 2.26. The van der Waals surface area contributed by atoms with E-state index < -0.39 is 5.91 Å². The number of nitrogens with two attached hydrogens (primary N) is 1. The molecule has 0 radical (unpaired) electrons. The number of primary amides is 1. The van der Waals surface area contributed by atoms with Crippen LogP contribution in [0.5, 0.6) is 5.75 Å². The lowest BCUT2D eigenvalue weighted by molar-refractivity contribution is -0.125. The Labute approximate surface area is 138 Å². The molecular weight excluding hydrogens is 310 g/mol. The molecule has 1 aliphatic heterocycles. The van der Waals surface area contributed by atoms with Crippen LogP contribution >= 0.6 is 0 Å². The Kier molecular flexibility index (Phi) is 4.60. The maximum absolute atomic E-state index is 12.2. The molecule has 1 atom stereocenters. The Bertz CT molecular complexity index is 755. The van der Waals surface area contributed by atoms with Crippen LogP contribution in [-0.4, -0.2) is 40.9 Å². The smallest absolute Gasteiger partial charge is 0.267 e. The van der Waals surface area contributed by atoms with Crippen LogP contribution in [0.4, 0.5) is 0 Å². The van der Waals surface area contributed by atoms with Crippen LogP contribution in [0.15, 0.2) is 47.2 Å². The van der Waals surface area contributed by atoms with Gasteiger partial charge in [0.2, 0.25) is 5.91 Å². The zero-order chi connectivity index (χ0) is 16.9. The van der Waals surface area contributed by atoms with Crippen molar-refractivity contribution >= 4 is 17.9 Å². The van der Waals surface area contributed by atoms with Crippen LogP contribution < -0.4 is 10.5 Å². The van der Waals surface area contributed by atoms with Crippen molar-refractivity contribution in [3.05, 3.63) is 54.3 Å². The van der Waals surface area contributed by atoms with E-state index in [4.69, 9.17) is 14.9 Å². The van der Waals surface area contributed by atoms with Crippen molar-refractivity contribution in [2.75, 3.05) is 13.1 Å². The zero-order valence-electron chi connectivity index (χ0n) is 12.9. The molecule has 2 aromatic heterocycles. The fraction of sp³-hybridized carbons (Fsp3) is 0.235. The van der Waals surface area contributed by atoms with Crippen LogP contribution in [0, 0.1) is 0 Å². The van der Waals surface area contributed by atoms with Gasteiger partial charge in [-0.25, -0.2) is 0 Å². The first-order valence-corrected chi connectivity index (χ1v) is 7.55. The average Bonchev–Trinajstić information content (AvgIpc) is 3.24. The molecule has 1 aliphatic rings. The maximum atomic E-state index is 12.2. The molecule has 1 saturated heterocycles. The Balaban J connectivity index is 1.56. The van der Waals surface area contributed by atoms with E-state index in [1.807, 2.05) is 0 Å². The number of carbonyl (C=O) groups excluding carboxylic acids is 2. The summed E-state index contributed by atoms with van der Waals surface area (Å²) in [6, 6.07) is 6.70. The van der Waals surface area contributed by atoms with E-state index in [9.17, 15) is 9.59 Å². The van der Waals surface area contributed by atoms with Gasteiger partial charge >= 0.3 is 0 Å². The van der Waals surface area contributed by atoms with Gasteiger partial charge in [0.15, 0.2) is 0 Å². The quantitative estimate of drug-likeness (QED) is 0.838. The molecule has 3 heterocycles. The number of aromatic nitrogens is 1. The van der Waals surface area contributed by atoms with Gasteiger partial charge in [-0.3, -0.25) is 14.6 Å². The van der Waals surface area contributed by atoms with E-state index >= 15 is 0 Å². The highest BCUT2D eigenvalue weighted by Crippen LogP contribution is 2.19. The van der Waals surface area contributed by atoms with E-state index in [1.54, 1.807) is 35.4 Å². The lowest BCUT2D eigenvalue weighted by Gasteiger charge is -2.16. The Morgan fingerprint density at radius 1 is 1.42 bits per heavy atom. The summed E-state index contributed by atoms with van der Waals surface area (Å²) in [4.78, 5) is 28.9. The summed E-state index contributed by atoms with van der Waals surface area (Å²) in [6.45, 7) is 1.09. The SMILES string of the molecule is NC(=O)c1cc(O[C@H]2CCN(C(=O)/C=C/c3ccco3)C2)ccn1. The van der Waals surface area contributed by atoms with Crippen LogP contribution in [0.25, 0.3) is 6.08 Å². The van der Waals surface area contributed by atoms with Gasteiger partial charge in [0.1, 0.15) is 23.3 Å². The van der Waals surface area contributed by atoms with Crippen molar-refractivity contribution in [1.82, 2.24) is 9.88 Å². The van der Waals surface area contributed by atoms with Gasteiger partial charge in [0, 0.05) is 31.3 Å². The molecule has 24 heavy (non-hydrogen) atoms. The summed E-state index contributed by atoms with van der Waals surface area (Å²) < 4.78 is 11.0. The highest BCUT2D eigenvalue weighted by atomic mass is 16.5. The average molecular weight is 327 g/mol. The molecular formula is C17H17N3O4. The van der Waals surface area contributed by atoms with E-state index in [2.05, 4.69) is 4.98 Å². The van der Waals surface area contributed by atoms with Crippen LogP contribution in [0.1, 0.15) is 22.7 Å². The molecule has 2 aromatic rings. The third kappa shape index (κ3) is 3.81. The van der Waals surface area contributed by atoms with Gasteiger partial charge in [-0.05, 0) is 24.3 Å². The monoisotopic (exact) mass is 327 g/mol. The number of nitrogens with zero attached hydrogens (tertiary/aromatic N) is 2. The van der Waals surface area contributed by atoms with E-state index in [0.717, 1.165) is 0 Å². The number of furan rings is 1. The lowest BCUT2D eigenvalue weighted by atomic mass is 10.3. The molecule has 0 aromatic carbocycles. The number of pyridine rings is 1. The summed E-state index contributed by atoms with van der Waals surface area (Å²) >= 11 is 0. The summed E-state index contributed by atoms with van der Waals surface area (Å²) in [6.07, 6.45) is 6.73. The first-order chi connectivity index (χ1) is 11.6. The van der Waals surface area contributed by atoms with Crippen molar-refractivity contribution in [2.24, 2.45) is 5.73 Å². The number of hydrogen-bond acceptors (Lipinski definition) is 5. The Hall–Kier alpha value is -3.09. The summed E-state index contributed by atoms with van der Waals surface area (Å²) in [5, 5.41) is 0. The summed E-state index contributed by atoms with van der Waals surface area (Å²) in [5.74, 6) is 0.451. The molecule has 7 nitrogen and oxygen atoms in total. The number of rotatable bonds is 5. The number of likely N-dealkylation sites (tertiary alicyclic amines) is 1. The topological polar surface area (TPSA) is 98.7 Å². The molecule has 2 N–H and O–H groups in total. The zero-order valence-corrected chi connectivity index (χ0v) is 12.9.